The van der Waals surface area contributed by atoms with Crippen LogP contribution in [0.3, 0.4) is 0 Å². The fraction of sp³-hybridized carbons (Fsp3) is 0.667. The quantitative estimate of drug-likeness (QED) is 0.851. The summed E-state index contributed by atoms with van der Waals surface area (Å²) in [4.78, 5) is 31.2. The van der Waals surface area contributed by atoms with Gasteiger partial charge in [-0.2, -0.15) is 0 Å². The molecule has 1 aromatic rings. The summed E-state index contributed by atoms with van der Waals surface area (Å²) in [6.45, 7) is 3.53. The zero-order valence-corrected chi connectivity index (χ0v) is 13.9. The lowest BCUT2D eigenvalue weighted by Crippen LogP contribution is -2.42. The number of piperidine rings is 1. The first-order valence-electron chi connectivity index (χ1n) is 7.74. The third-order valence-electron chi connectivity index (χ3n) is 4.99. The molecule has 0 aliphatic carbocycles. The molecular formula is C15H21N3O4S. The van der Waals surface area contributed by atoms with Crippen LogP contribution in [0.2, 0.25) is 0 Å². The average Bonchev–Trinajstić information content (AvgIpc) is 3.13. The highest BCUT2D eigenvalue weighted by Crippen LogP contribution is 2.44. The van der Waals surface area contributed by atoms with Crippen molar-refractivity contribution in [1.29, 1.82) is 0 Å². The number of carbonyl (C=O) groups is 2. The zero-order valence-electron chi connectivity index (χ0n) is 13.1. The highest BCUT2D eigenvalue weighted by molar-refractivity contribution is 7.13. The van der Waals surface area contributed by atoms with E-state index < -0.39 is 12.0 Å². The van der Waals surface area contributed by atoms with Crippen LogP contribution < -0.4 is 4.90 Å². The minimum Gasteiger partial charge on any atom is -0.480 e. The van der Waals surface area contributed by atoms with Crippen molar-refractivity contribution in [2.24, 2.45) is 5.41 Å². The number of carboxylic acid groups (broad SMARTS) is 1. The number of hydrogen-bond donors (Lipinski definition) is 2. The second-order valence-electron chi connectivity index (χ2n) is 6.47. The van der Waals surface area contributed by atoms with Crippen LogP contribution in [0.1, 0.15) is 31.9 Å². The molecule has 2 fully saturated rings. The van der Waals surface area contributed by atoms with Gasteiger partial charge in [-0.15, -0.1) is 11.3 Å². The molecule has 1 spiro atoms. The second-order valence-corrected chi connectivity index (χ2v) is 7.31. The number of aromatic nitrogens is 1. The van der Waals surface area contributed by atoms with Crippen molar-refractivity contribution in [3.8, 4) is 0 Å². The van der Waals surface area contributed by atoms with Crippen molar-refractivity contribution in [1.82, 2.24) is 9.88 Å². The smallest absolute Gasteiger partial charge is 0.326 e. The largest absolute Gasteiger partial charge is 0.480 e. The van der Waals surface area contributed by atoms with Crippen LogP contribution >= 0.6 is 11.3 Å². The number of aliphatic carboxylic acids is 1. The summed E-state index contributed by atoms with van der Waals surface area (Å²) in [7, 11) is 0. The van der Waals surface area contributed by atoms with Gasteiger partial charge in [-0.25, -0.2) is 9.78 Å². The van der Waals surface area contributed by atoms with Gasteiger partial charge in [-0.3, -0.25) is 4.79 Å². The minimum atomic E-state index is -0.910. The number of hydrogen-bond acceptors (Lipinski definition) is 6. The number of carbonyl (C=O) groups excluding carboxylic acids is 1. The average molecular weight is 339 g/mol. The number of likely N-dealkylation sites (tertiary alicyclic amines) is 1. The molecule has 3 rings (SSSR count). The molecule has 1 unspecified atom stereocenters. The summed E-state index contributed by atoms with van der Waals surface area (Å²) < 4.78 is 0. The maximum Gasteiger partial charge on any atom is 0.326 e. The van der Waals surface area contributed by atoms with Gasteiger partial charge >= 0.3 is 5.97 Å². The summed E-state index contributed by atoms with van der Waals surface area (Å²) in [6.07, 6.45) is 2.25. The molecule has 2 N–H and O–H groups in total. The van der Waals surface area contributed by atoms with E-state index in [2.05, 4.69) is 9.88 Å². The Bertz CT molecular complexity index is 586. The highest BCUT2D eigenvalue weighted by atomic mass is 32.1. The molecule has 7 nitrogen and oxygen atoms in total. The van der Waals surface area contributed by atoms with Crippen molar-refractivity contribution in [3.05, 3.63) is 11.1 Å². The van der Waals surface area contributed by atoms with E-state index in [1.807, 2.05) is 5.38 Å². The number of anilines is 1. The Kier molecular flexibility index (Phi) is 4.29. The van der Waals surface area contributed by atoms with E-state index in [4.69, 9.17) is 5.11 Å². The molecule has 0 aromatic carbocycles. The van der Waals surface area contributed by atoms with Crippen LogP contribution in [0.4, 0.5) is 5.13 Å². The van der Waals surface area contributed by atoms with Gasteiger partial charge in [-0.05, 0) is 24.7 Å². The van der Waals surface area contributed by atoms with Gasteiger partial charge in [0.1, 0.15) is 6.04 Å². The van der Waals surface area contributed by atoms with E-state index in [1.165, 1.54) is 23.2 Å². The van der Waals surface area contributed by atoms with E-state index >= 15 is 0 Å². The fourth-order valence-electron chi connectivity index (χ4n) is 3.66. The van der Waals surface area contributed by atoms with Gasteiger partial charge in [0.25, 0.3) is 0 Å². The molecule has 8 heteroatoms. The van der Waals surface area contributed by atoms with Crippen molar-refractivity contribution in [2.75, 3.05) is 24.5 Å². The summed E-state index contributed by atoms with van der Waals surface area (Å²) in [6, 6.07) is -0.695. The van der Waals surface area contributed by atoms with Gasteiger partial charge in [-0.1, -0.05) is 0 Å². The van der Waals surface area contributed by atoms with Crippen molar-refractivity contribution >= 4 is 28.3 Å². The Morgan fingerprint density at radius 2 is 2.13 bits per heavy atom. The molecule has 2 aliphatic heterocycles. The first-order valence-corrected chi connectivity index (χ1v) is 8.62. The first-order chi connectivity index (χ1) is 10.9. The minimum absolute atomic E-state index is 0.0534. The van der Waals surface area contributed by atoms with Gasteiger partial charge in [0, 0.05) is 31.9 Å². The van der Waals surface area contributed by atoms with E-state index in [0.717, 1.165) is 31.1 Å². The van der Waals surface area contributed by atoms with Crippen LogP contribution in [0.5, 0.6) is 0 Å². The molecule has 2 saturated heterocycles. The number of rotatable bonds is 3. The number of aliphatic hydroxyl groups excluding tert-OH is 1. The number of amides is 1. The maximum absolute atomic E-state index is 11.7. The van der Waals surface area contributed by atoms with Crippen LogP contribution in [0.25, 0.3) is 0 Å². The topological polar surface area (TPSA) is 94.0 Å². The van der Waals surface area contributed by atoms with Crippen molar-refractivity contribution in [3.63, 3.8) is 0 Å². The van der Waals surface area contributed by atoms with Gasteiger partial charge in [0.05, 0.1) is 12.3 Å². The maximum atomic E-state index is 11.7. The van der Waals surface area contributed by atoms with E-state index in [-0.39, 0.29) is 17.9 Å². The molecule has 1 atom stereocenters. The Morgan fingerprint density at radius 3 is 2.61 bits per heavy atom. The molecule has 0 radical (unpaired) electrons. The third-order valence-corrected chi connectivity index (χ3v) is 5.94. The Balaban J connectivity index is 1.68. The normalized spacial score (nSPS) is 23.5. The first kappa shape index (κ1) is 16.2. The van der Waals surface area contributed by atoms with E-state index in [9.17, 15) is 14.7 Å². The Hall–Kier alpha value is -1.67. The summed E-state index contributed by atoms with van der Waals surface area (Å²) in [5.74, 6) is -1.07. The van der Waals surface area contributed by atoms with Gasteiger partial charge < -0.3 is 20.0 Å². The third kappa shape index (κ3) is 3.05. The molecular weight excluding hydrogens is 318 g/mol. The number of thiazole rings is 1. The zero-order chi connectivity index (χ0) is 16.6. The molecule has 126 valence electrons. The van der Waals surface area contributed by atoms with Crippen molar-refractivity contribution in [2.45, 2.75) is 38.8 Å². The highest BCUT2D eigenvalue weighted by Gasteiger charge is 2.49. The predicted molar refractivity (Wildman–Crippen MR) is 85.3 cm³/mol. The van der Waals surface area contributed by atoms with Gasteiger partial charge in [0.15, 0.2) is 5.13 Å². The summed E-state index contributed by atoms with van der Waals surface area (Å²) >= 11 is 1.52. The number of nitrogens with zero attached hydrogens (tertiary/aromatic N) is 3. The lowest BCUT2D eigenvalue weighted by atomic mass is 9.76. The van der Waals surface area contributed by atoms with Crippen LogP contribution in [0, 0.1) is 5.41 Å². The van der Waals surface area contributed by atoms with Crippen LogP contribution in [-0.4, -0.2) is 57.6 Å². The Labute approximate surface area is 138 Å². The molecule has 0 saturated carbocycles. The SMILES string of the molecule is CC(=O)N1CC2(CCN(c3nc(CO)cs3)CC2)CC1C(=O)O. The molecule has 23 heavy (non-hydrogen) atoms. The molecule has 1 aromatic heterocycles. The lowest BCUT2D eigenvalue weighted by molar-refractivity contribution is -0.147. The van der Waals surface area contributed by atoms with Crippen LogP contribution in [0.15, 0.2) is 5.38 Å². The molecule has 1 amide bonds. The van der Waals surface area contributed by atoms with E-state index in [0.29, 0.717) is 18.7 Å². The monoisotopic (exact) mass is 339 g/mol. The second kappa shape index (κ2) is 6.09. The standard InChI is InChI=1S/C15H21N3O4S/c1-10(20)18-9-15(6-12(18)13(21)22)2-4-17(5-3-15)14-16-11(7-19)8-23-14/h8,12,19H,2-7,9H2,1H3,(H,21,22). The molecule has 0 bridgehead atoms. The van der Waals surface area contributed by atoms with Crippen LogP contribution in [-0.2, 0) is 16.2 Å². The summed E-state index contributed by atoms with van der Waals surface area (Å²) in [5, 5.41) is 21.2. The predicted octanol–water partition coefficient (Wildman–Crippen LogP) is 0.927. The Morgan fingerprint density at radius 1 is 1.43 bits per heavy atom. The fourth-order valence-corrected chi connectivity index (χ4v) is 4.53. The van der Waals surface area contributed by atoms with Crippen molar-refractivity contribution < 1.29 is 19.8 Å². The number of carboxylic acids is 1. The number of aliphatic hydroxyl groups is 1. The molecule has 2 aliphatic rings. The molecule has 3 heterocycles. The lowest BCUT2D eigenvalue weighted by Gasteiger charge is -2.39. The van der Waals surface area contributed by atoms with Gasteiger partial charge in [0.2, 0.25) is 5.91 Å². The summed E-state index contributed by atoms with van der Waals surface area (Å²) in [5.41, 5.74) is 0.585. The van der Waals surface area contributed by atoms with E-state index in [1.54, 1.807) is 0 Å².